The first-order valence-electron chi connectivity index (χ1n) is 7.10. The SMILES string of the molecule is Cn1nccc1Nc1cc(N2CCOCC2)nc(S(C)(=O)=O)n1. The van der Waals surface area contributed by atoms with E-state index >= 15 is 0 Å². The molecule has 3 heterocycles. The minimum Gasteiger partial charge on any atom is -0.378 e. The predicted octanol–water partition coefficient (Wildman–Crippen LogP) is 0.194. The van der Waals surface area contributed by atoms with Gasteiger partial charge in [0.1, 0.15) is 17.5 Å². The molecule has 0 unspecified atom stereocenters. The fourth-order valence-corrected chi connectivity index (χ4v) is 2.75. The van der Waals surface area contributed by atoms with E-state index in [9.17, 15) is 8.42 Å². The average Bonchev–Trinajstić information content (AvgIpc) is 2.92. The van der Waals surface area contributed by atoms with Crippen LogP contribution in [0.1, 0.15) is 0 Å². The van der Waals surface area contributed by atoms with Crippen molar-refractivity contribution in [2.24, 2.45) is 7.05 Å². The lowest BCUT2D eigenvalue weighted by atomic mass is 10.4. The summed E-state index contributed by atoms with van der Waals surface area (Å²) in [7, 11) is -1.74. The lowest BCUT2D eigenvalue weighted by Gasteiger charge is -2.28. The summed E-state index contributed by atoms with van der Waals surface area (Å²) < 4.78 is 30.7. The van der Waals surface area contributed by atoms with Crippen molar-refractivity contribution in [1.82, 2.24) is 19.7 Å². The molecule has 0 amide bonds. The number of ether oxygens (including phenoxy) is 1. The van der Waals surface area contributed by atoms with Crippen molar-refractivity contribution >= 4 is 27.3 Å². The number of anilines is 3. The van der Waals surface area contributed by atoms with E-state index in [2.05, 4.69) is 20.4 Å². The molecule has 0 aromatic carbocycles. The lowest BCUT2D eigenvalue weighted by Crippen LogP contribution is -2.37. The standard InChI is InChI=1S/C13H18N6O3S/c1-18-11(3-4-14-18)15-10-9-12(19-5-7-22-8-6-19)17-13(16-10)23(2,20)21/h3-4,9H,5-8H2,1-2H3,(H,15,16,17). The Morgan fingerprint density at radius 1 is 1.26 bits per heavy atom. The number of rotatable bonds is 4. The highest BCUT2D eigenvalue weighted by Crippen LogP contribution is 2.22. The summed E-state index contributed by atoms with van der Waals surface area (Å²) in [5.74, 6) is 1.68. The van der Waals surface area contributed by atoms with E-state index in [-0.39, 0.29) is 5.16 Å². The molecular formula is C13H18N6O3S. The van der Waals surface area contributed by atoms with Gasteiger partial charge in [-0.1, -0.05) is 0 Å². The molecule has 23 heavy (non-hydrogen) atoms. The van der Waals surface area contributed by atoms with Crippen molar-refractivity contribution < 1.29 is 13.2 Å². The van der Waals surface area contributed by atoms with Gasteiger partial charge >= 0.3 is 0 Å². The molecule has 3 rings (SSSR count). The third-order valence-corrected chi connectivity index (χ3v) is 4.28. The molecule has 1 N–H and O–H groups in total. The van der Waals surface area contributed by atoms with Crippen LogP contribution in [0.2, 0.25) is 0 Å². The molecule has 0 saturated carbocycles. The Balaban J connectivity index is 1.99. The molecule has 2 aromatic rings. The van der Waals surface area contributed by atoms with Gasteiger partial charge in [0.05, 0.1) is 19.4 Å². The van der Waals surface area contributed by atoms with Crippen molar-refractivity contribution in [1.29, 1.82) is 0 Å². The maximum absolute atomic E-state index is 11.9. The smallest absolute Gasteiger partial charge is 0.250 e. The van der Waals surface area contributed by atoms with E-state index in [1.165, 1.54) is 0 Å². The Morgan fingerprint density at radius 2 is 2.00 bits per heavy atom. The van der Waals surface area contributed by atoms with E-state index in [0.717, 1.165) is 6.26 Å². The maximum Gasteiger partial charge on any atom is 0.250 e. The number of morpholine rings is 1. The van der Waals surface area contributed by atoms with Crippen LogP contribution in [0.25, 0.3) is 0 Å². The summed E-state index contributed by atoms with van der Waals surface area (Å²) in [6.07, 6.45) is 2.74. The van der Waals surface area contributed by atoms with Gasteiger partial charge in [0.15, 0.2) is 0 Å². The zero-order valence-corrected chi connectivity index (χ0v) is 13.7. The zero-order chi connectivity index (χ0) is 16.4. The van der Waals surface area contributed by atoms with Gasteiger partial charge in [-0.05, 0) is 0 Å². The second-order valence-corrected chi connectivity index (χ2v) is 7.14. The second-order valence-electron chi connectivity index (χ2n) is 5.23. The molecule has 124 valence electrons. The monoisotopic (exact) mass is 338 g/mol. The van der Waals surface area contributed by atoms with Crippen LogP contribution in [0, 0.1) is 0 Å². The third-order valence-electron chi connectivity index (χ3n) is 3.44. The van der Waals surface area contributed by atoms with Crippen molar-refractivity contribution in [2.45, 2.75) is 5.16 Å². The number of aryl methyl sites for hydroxylation is 1. The first-order chi connectivity index (χ1) is 10.9. The molecule has 0 aliphatic carbocycles. The number of nitrogens with zero attached hydrogens (tertiary/aromatic N) is 5. The number of sulfone groups is 1. The normalized spacial score (nSPS) is 15.7. The summed E-state index contributed by atoms with van der Waals surface area (Å²) in [5.41, 5.74) is 0. The molecule has 2 aromatic heterocycles. The van der Waals surface area contributed by atoms with E-state index in [0.29, 0.717) is 43.8 Å². The van der Waals surface area contributed by atoms with Gasteiger partial charge in [-0.25, -0.2) is 18.4 Å². The second kappa shape index (κ2) is 6.13. The largest absolute Gasteiger partial charge is 0.378 e. The maximum atomic E-state index is 11.9. The van der Waals surface area contributed by atoms with Crippen LogP contribution < -0.4 is 10.2 Å². The number of nitrogens with one attached hydrogen (secondary N) is 1. The molecule has 1 aliphatic rings. The van der Waals surface area contributed by atoms with Crippen LogP contribution >= 0.6 is 0 Å². The van der Waals surface area contributed by atoms with Crippen molar-refractivity contribution in [2.75, 3.05) is 42.8 Å². The van der Waals surface area contributed by atoms with Crippen LogP contribution in [0.5, 0.6) is 0 Å². The number of hydrogen-bond acceptors (Lipinski definition) is 8. The molecule has 9 nitrogen and oxygen atoms in total. The summed E-state index contributed by atoms with van der Waals surface area (Å²) in [6.45, 7) is 2.49. The van der Waals surface area contributed by atoms with Crippen molar-refractivity contribution in [3.8, 4) is 0 Å². The van der Waals surface area contributed by atoms with E-state index in [1.54, 1.807) is 30.1 Å². The Hall–Kier alpha value is -2.20. The topological polar surface area (TPSA) is 102 Å². The highest BCUT2D eigenvalue weighted by atomic mass is 32.2. The molecule has 0 spiro atoms. The van der Waals surface area contributed by atoms with Crippen molar-refractivity contribution in [3.05, 3.63) is 18.3 Å². The van der Waals surface area contributed by atoms with Gasteiger partial charge in [0.25, 0.3) is 5.16 Å². The first-order valence-corrected chi connectivity index (χ1v) is 8.99. The van der Waals surface area contributed by atoms with Crippen LogP contribution in [0.15, 0.2) is 23.5 Å². The summed E-state index contributed by atoms with van der Waals surface area (Å²) >= 11 is 0. The quantitative estimate of drug-likeness (QED) is 0.789. The Labute approximate surface area is 134 Å². The molecule has 1 aliphatic heterocycles. The average molecular weight is 338 g/mol. The zero-order valence-electron chi connectivity index (χ0n) is 12.9. The van der Waals surface area contributed by atoms with Crippen LogP contribution in [0.3, 0.4) is 0 Å². The van der Waals surface area contributed by atoms with Crippen LogP contribution in [-0.2, 0) is 21.6 Å². The summed E-state index contributed by atoms with van der Waals surface area (Å²) in [5, 5.41) is 6.93. The van der Waals surface area contributed by atoms with E-state index in [1.807, 2.05) is 4.90 Å². The molecule has 1 fully saturated rings. The fraction of sp³-hybridized carbons (Fsp3) is 0.462. The minimum atomic E-state index is -3.52. The van der Waals surface area contributed by atoms with Crippen molar-refractivity contribution in [3.63, 3.8) is 0 Å². The van der Waals surface area contributed by atoms with E-state index in [4.69, 9.17) is 4.74 Å². The van der Waals surface area contributed by atoms with Gasteiger partial charge in [0.2, 0.25) is 9.84 Å². The van der Waals surface area contributed by atoms with Crippen LogP contribution in [-0.4, -0.2) is 60.7 Å². The molecule has 0 radical (unpaired) electrons. The fourth-order valence-electron chi connectivity index (χ4n) is 2.22. The molecule has 0 bridgehead atoms. The minimum absolute atomic E-state index is 0.203. The van der Waals surface area contributed by atoms with Gasteiger partial charge in [0, 0.05) is 38.5 Å². The molecule has 1 saturated heterocycles. The highest BCUT2D eigenvalue weighted by molar-refractivity contribution is 7.90. The van der Waals surface area contributed by atoms with Gasteiger partial charge in [-0.15, -0.1) is 0 Å². The molecular weight excluding hydrogens is 320 g/mol. The lowest BCUT2D eigenvalue weighted by molar-refractivity contribution is 0.122. The molecule has 0 atom stereocenters. The Bertz CT molecular complexity index is 798. The summed E-state index contributed by atoms with van der Waals surface area (Å²) in [4.78, 5) is 10.3. The van der Waals surface area contributed by atoms with Gasteiger partial charge < -0.3 is 15.0 Å². The number of hydrogen-bond donors (Lipinski definition) is 1. The third kappa shape index (κ3) is 3.59. The van der Waals surface area contributed by atoms with Crippen LogP contribution in [0.4, 0.5) is 17.5 Å². The Kier molecular flexibility index (Phi) is 4.18. The van der Waals surface area contributed by atoms with E-state index < -0.39 is 9.84 Å². The Morgan fingerprint density at radius 3 is 2.61 bits per heavy atom. The summed E-state index contributed by atoms with van der Waals surface area (Å²) in [6, 6.07) is 3.50. The van der Waals surface area contributed by atoms with Gasteiger partial charge in [-0.3, -0.25) is 4.68 Å². The predicted molar refractivity (Wildman–Crippen MR) is 84.7 cm³/mol. The first kappa shape index (κ1) is 15.7. The number of aromatic nitrogens is 4. The highest BCUT2D eigenvalue weighted by Gasteiger charge is 2.19. The van der Waals surface area contributed by atoms with Gasteiger partial charge in [-0.2, -0.15) is 5.10 Å². The molecule has 10 heteroatoms.